The maximum atomic E-state index is 12.7. The van der Waals surface area contributed by atoms with Crippen LogP contribution in [0.4, 0.5) is 8.78 Å². The molecule has 0 saturated carbocycles. The van der Waals surface area contributed by atoms with Gasteiger partial charge in [0.15, 0.2) is 11.5 Å². The van der Waals surface area contributed by atoms with Crippen LogP contribution in [0.1, 0.15) is 12.5 Å². The van der Waals surface area contributed by atoms with E-state index in [2.05, 4.69) is 14.8 Å². The van der Waals surface area contributed by atoms with E-state index in [0.717, 1.165) is 12.1 Å². The molecule has 1 N–H and O–H groups in total. The van der Waals surface area contributed by atoms with Gasteiger partial charge in [0.1, 0.15) is 0 Å². The van der Waals surface area contributed by atoms with E-state index in [1.807, 2.05) is 6.92 Å². The van der Waals surface area contributed by atoms with Crippen LogP contribution < -0.4 is 14.8 Å². The number of benzene rings is 1. The Morgan fingerprint density at radius 3 is 2.73 bits per heavy atom. The number of fused-ring (bicyclic) bond motifs is 1. The molecule has 0 unspecified atom stereocenters. The molecule has 0 atom stereocenters. The van der Waals surface area contributed by atoms with Gasteiger partial charge in [-0.05, 0) is 24.2 Å². The maximum Gasteiger partial charge on any atom is 0.586 e. The van der Waals surface area contributed by atoms with Crippen LogP contribution in [0.3, 0.4) is 0 Å². The SMILES string of the molecule is CCNCc1ccc2c(c1)OC(F)(F)O2. The summed E-state index contributed by atoms with van der Waals surface area (Å²) in [5.41, 5.74) is 0.886. The lowest BCUT2D eigenvalue weighted by Crippen LogP contribution is -2.25. The quantitative estimate of drug-likeness (QED) is 0.837. The first-order valence-corrected chi connectivity index (χ1v) is 4.70. The van der Waals surface area contributed by atoms with Crippen molar-refractivity contribution < 1.29 is 18.3 Å². The van der Waals surface area contributed by atoms with Crippen LogP contribution in [-0.4, -0.2) is 12.8 Å². The molecule has 0 aliphatic carbocycles. The zero-order valence-corrected chi connectivity index (χ0v) is 8.22. The average molecular weight is 215 g/mol. The molecule has 1 aliphatic rings. The molecule has 0 radical (unpaired) electrons. The van der Waals surface area contributed by atoms with Crippen molar-refractivity contribution in [1.82, 2.24) is 5.32 Å². The highest BCUT2D eigenvalue weighted by molar-refractivity contribution is 5.45. The Morgan fingerprint density at radius 2 is 2.00 bits per heavy atom. The number of halogens is 2. The third kappa shape index (κ3) is 2.18. The normalized spacial score (nSPS) is 16.7. The molecule has 0 saturated heterocycles. The summed E-state index contributed by atoms with van der Waals surface area (Å²) in [5.74, 6) is 0.177. The summed E-state index contributed by atoms with van der Waals surface area (Å²) in [6.45, 7) is 3.42. The van der Waals surface area contributed by atoms with Crippen molar-refractivity contribution in [3.05, 3.63) is 23.8 Å². The number of rotatable bonds is 3. The highest BCUT2D eigenvalue weighted by atomic mass is 19.3. The molecular weight excluding hydrogens is 204 g/mol. The molecule has 1 aromatic rings. The molecule has 82 valence electrons. The van der Waals surface area contributed by atoms with E-state index in [0.29, 0.717) is 6.54 Å². The number of ether oxygens (including phenoxy) is 2. The Kier molecular flexibility index (Phi) is 2.48. The zero-order valence-electron chi connectivity index (χ0n) is 8.22. The van der Waals surface area contributed by atoms with Gasteiger partial charge >= 0.3 is 6.29 Å². The van der Waals surface area contributed by atoms with E-state index < -0.39 is 6.29 Å². The fourth-order valence-electron chi connectivity index (χ4n) is 1.37. The van der Waals surface area contributed by atoms with Crippen LogP contribution >= 0.6 is 0 Å². The van der Waals surface area contributed by atoms with E-state index in [4.69, 9.17) is 0 Å². The third-order valence-corrected chi connectivity index (χ3v) is 2.04. The summed E-state index contributed by atoms with van der Waals surface area (Å²) in [6, 6.07) is 4.77. The van der Waals surface area contributed by atoms with E-state index in [1.165, 1.54) is 6.07 Å². The molecule has 0 fully saturated rings. The maximum absolute atomic E-state index is 12.7. The predicted molar refractivity (Wildman–Crippen MR) is 50.0 cm³/mol. The fraction of sp³-hybridized carbons (Fsp3) is 0.400. The van der Waals surface area contributed by atoms with Crippen molar-refractivity contribution in [2.24, 2.45) is 0 Å². The molecule has 0 bridgehead atoms. The highest BCUT2D eigenvalue weighted by Gasteiger charge is 2.43. The van der Waals surface area contributed by atoms with Gasteiger partial charge in [0, 0.05) is 6.54 Å². The van der Waals surface area contributed by atoms with Gasteiger partial charge in [0.25, 0.3) is 0 Å². The molecule has 1 aromatic carbocycles. The molecule has 1 aliphatic heterocycles. The van der Waals surface area contributed by atoms with Gasteiger partial charge in [-0.25, -0.2) is 0 Å². The molecule has 3 nitrogen and oxygen atoms in total. The van der Waals surface area contributed by atoms with Gasteiger partial charge in [0.05, 0.1) is 0 Å². The Bertz CT molecular complexity index is 368. The van der Waals surface area contributed by atoms with E-state index >= 15 is 0 Å². The molecular formula is C10H11F2NO2. The second kappa shape index (κ2) is 3.66. The second-order valence-corrected chi connectivity index (χ2v) is 3.23. The summed E-state index contributed by atoms with van der Waals surface area (Å²) in [6.07, 6.45) is -3.53. The summed E-state index contributed by atoms with van der Waals surface area (Å²) >= 11 is 0. The third-order valence-electron chi connectivity index (χ3n) is 2.04. The van der Waals surface area contributed by atoms with Crippen LogP contribution in [-0.2, 0) is 6.54 Å². The van der Waals surface area contributed by atoms with Crippen LogP contribution in [0.25, 0.3) is 0 Å². The van der Waals surface area contributed by atoms with Gasteiger partial charge in [-0.3, -0.25) is 0 Å². The number of alkyl halides is 2. The molecule has 1 heterocycles. The van der Waals surface area contributed by atoms with Crippen molar-refractivity contribution in [2.75, 3.05) is 6.54 Å². The van der Waals surface area contributed by atoms with Gasteiger partial charge in [-0.1, -0.05) is 13.0 Å². The van der Waals surface area contributed by atoms with Crippen LogP contribution in [0.15, 0.2) is 18.2 Å². The first-order valence-electron chi connectivity index (χ1n) is 4.70. The minimum Gasteiger partial charge on any atom is -0.395 e. The van der Waals surface area contributed by atoms with E-state index in [-0.39, 0.29) is 11.5 Å². The van der Waals surface area contributed by atoms with Gasteiger partial charge in [0.2, 0.25) is 0 Å². The number of hydrogen-bond donors (Lipinski definition) is 1. The highest BCUT2D eigenvalue weighted by Crippen LogP contribution is 2.41. The zero-order chi connectivity index (χ0) is 10.9. The summed E-state index contributed by atoms with van der Waals surface area (Å²) in [7, 11) is 0. The van der Waals surface area contributed by atoms with E-state index in [9.17, 15) is 8.78 Å². The standard InChI is InChI=1S/C10H11F2NO2/c1-2-13-6-7-3-4-8-9(5-7)15-10(11,12)14-8/h3-5,13H,2,6H2,1H3. The minimum absolute atomic E-state index is 0.0836. The van der Waals surface area contributed by atoms with Gasteiger partial charge in [-0.2, -0.15) is 0 Å². The molecule has 5 heteroatoms. The fourth-order valence-corrected chi connectivity index (χ4v) is 1.37. The number of nitrogens with one attached hydrogen (secondary N) is 1. The Morgan fingerprint density at radius 1 is 1.27 bits per heavy atom. The van der Waals surface area contributed by atoms with Crippen molar-refractivity contribution >= 4 is 0 Å². The molecule has 15 heavy (non-hydrogen) atoms. The average Bonchev–Trinajstić information content (AvgIpc) is 2.47. The van der Waals surface area contributed by atoms with Crippen molar-refractivity contribution in [2.45, 2.75) is 19.8 Å². The van der Waals surface area contributed by atoms with Crippen molar-refractivity contribution in [1.29, 1.82) is 0 Å². The van der Waals surface area contributed by atoms with Crippen LogP contribution in [0.2, 0.25) is 0 Å². The summed E-state index contributed by atoms with van der Waals surface area (Å²) in [5, 5.41) is 3.09. The lowest BCUT2D eigenvalue weighted by Gasteiger charge is -2.04. The molecule has 0 aromatic heterocycles. The first-order chi connectivity index (χ1) is 7.11. The molecule has 2 rings (SSSR count). The second-order valence-electron chi connectivity index (χ2n) is 3.23. The molecule has 0 spiro atoms. The largest absolute Gasteiger partial charge is 0.586 e. The first kappa shape index (κ1) is 10.2. The Labute approximate surface area is 86.0 Å². The summed E-state index contributed by atoms with van der Waals surface area (Å²) < 4.78 is 33.9. The minimum atomic E-state index is -3.53. The van der Waals surface area contributed by atoms with Crippen LogP contribution in [0, 0.1) is 0 Å². The van der Waals surface area contributed by atoms with Crippen molar-refractivity contribution in [3.8, 4) is 11.5 Å². The topological polar surface area (TPSA) is 30.5 Å². The van der Waals surface area contributed by atoms with Crippen molar-refractivity contribution in [3.63, 3.8) is 0 Å². The summed E-state index contributed by atoms with van der Waals surface area (Å²) in [4.78, 5) is 0. The Balaban J connectivity index is 2.15. The van der Waals surface area contributed by atoms with E-state index in [1.54, 1.807) is 12.1 Å². The van der Waals surface area contributed by atoms with Gasteiger partial charge < -0.3 is 14.8 Å². The number of hydrogen-bond acceptors (Lipinski definition) is 3. The smallest absolute Gasteiger partial charge is 0.395 e. The molecule has 0 amide bonds. The monoisotopic (exact) mass is 215 g/mol. The Hall–Kier alpha value is -1.36. The van der Waals surface area contributed by atoms with Crippen LogP contribution in [0.5, 0.6) is 11.5 Å². The predicted octanol–water partition coefficient (Wildman–Crippen LogP) is 2.12. The lowest BCUT2D eigenvalue weighted by molar-refractivity contribution is -0.286. The lowest BCUT2D eigenvalue weighted by atomic mass is 10.2. The van der Waals surface area contributed by atoms with Gasteiger partial charge in [-0.15, -0.1) is 8.78 Å².